The van der Waals surface area contributed by atoms with E-state index in [0.717, 1.165) is 11.3 Å². The van der Waals surface area contributed by atoms with E-state index in [4.69, 9.17) is 5.73 Å². The van der Waals surface area contributed by atoms with Crippen molar-refractivity contribution in [1.82, 2.24) is 0 Å². The van der Waals surface area contributed by atoms with E-state index < -0.39 is 0 Å². The molecule has 0 saturated heterocycles. The van der Waals surface area contributed by atoms with Gasteiger partial charge in [0, 0.05) is 5.70 Å². The second-order valence-electron chi connectivity index (χ2n) is 2.80. The largest absolute Gasteiger partial charge is 0.402 e. The highest BCUT2D eigenvalue weighted by Gasteiger charge is 1.86. The van der Waals surface area contributed by atoms with Crippen LogP contribution >= 0.6 is 0 Å². The average Bonchev–Trinajstić information content (AvgIpc) is 1.93. The highest BCUT2D eigenvalue weighted by atomic mass is 14.5. The van der Waals surface area contributed by atoms with Crippen LogP contribution in [0.5, 0.6) is 0 Å². The van der Waals surface area contributed by atoms with Gasteiger partial charge in [0.1, 0.15) is 0 Å². The van der Waals surface area contributed by atoms with Crippen molar-refractivity contribution in [2.24, 2.45) is 5.73 Å². The van der Waals surface area contributed by atoms with Crippen LogP contribution in [0, 0.1) is 6.92 Å². The fraction of sp³-hybridized carbons (Fsp3) is 0.200. The summed E-state index contributed by atoms with van der Waals surface area (Å²) in [6.45, 7) is 3.96. The minimum atomic E-state index is 0.842. The van der Waals surface area contributed by atoms with E-state index in [-0.39, 0.29) is 0 Å². The summed E-state index contributed by atoms with van der Waals surface area (Å²) in [5.74, 6) is 0. The van der Waals surface area contributed by atoms with Gasteiger partial charge in [-0.15, -0.1) is 0 Å². The van der Waals surface area contributed by atoms with Gasteiger partial charge in [0.2, 0.25) is 0 Å². The second-order valence-corrected chi connectivity index (χ2v) is 2.80. The molecule has 0 fully saturated rings. The summed E-state index contributed by atoms with van der Waals surface area (Å²) in [5.41, 5.74) is 8.80. The van der Waals surface area contributed by atoms with E-state index in [9.17, 15) is 0 Å². The van der Waals surface area contributed by atoms with Gasteiger partial charge in [-0.3, -0.25) is 0 Å². The van der Waals surface area contributed by atoms with Crippen LogP contribution in [0.3, 0.4) is 0 Å². The lowest BCUT2D eigenvalue weighted by Gasteiger charge is -1.95. The first-order valence-electron chi connectivity index (χ1n) is 3.69. The highest BCUT2D eigenvalue weighted by molar-refractivity contribution is 5.51. The predicted molar refractivity (Wildman–Crippen MR) is 49.0 cm³/mol. The van der Waals surface area contributed by atoms with Crippen LogP contribution in [0.15, 0.2) is 30.0 Å². The van der Waals surface area contributed by atoms with Gasteiger partial charge in [-0.25, -0.2) is 0 Å². The van der Waals surface area contributed by atoms with Crippen molar-refractivity contribution in [1.29, 1.82) is 0 Å². The second kappa shape index (κ2) is 3.24. The SMILES string of the molecule is C/C(N)=C\c1ccc(C)cc1. The van der Waals surface area contributed by atoms with E-state index in [0.29, 0.717) is 0 Å². The third-order valence-corrected chi connectivity index (χ3v) is 1.47. The molecule has 1 aromatic carbocycles. The Morgan fingerprint density at radius 2 is 1.82 bits per heavy atom. The van der Waals surface area contributed by atoms with Crippen molar-refractivity contribution in [3.8, 4) is 0 Å². The molecule has 0 aliphatic carbocycles. The summed E-state index contributed by atoms with van der Waals surface area (Å²) in [6.07, 6.45) is 1.96. The molecule has 11 heavy (non-hydrogen) atoms. The maximum Gasteiger partial charge on any atom is 0.00548 e. The highest BCUT2D eigenvalue weighted by Crippen LogP contribution is 2.05. The molecule has 0 saturated carbocycles. The van der Waals surface area contributed by atoms with Crippen LogP contribution in [0.4, 0.5) is 0 Å². The molecule has 0 radical (unpaired) electrons. The van der Waals surface area contributed by atoms with Gasteiger partial charge < -0.3 is 5.73 Å². The maximum absolute atomic E-state index is 5.52. The fourth-order valence-corrected chi connectivity index (χ4v) is 0.926. The fourth-order valence-electron chi connectivity index (χ4n) is 0.926. The number of allylic oxidation sites excluding steroid dienone is 1. The molecule has 0 aliphatic heterocycles. The molecule has 2 N–H and O–H groups in total. The Balaban J connectivity index is 2.91. The Morgan fingerprint density at radius 3 is 2.27 bits per heavy atom. The first-order chi connectivity index (χ1) is 5.18. The Labute approximate surface area is 67.5 Å². The van der Waals surface area contributed by atoms with E-state index in [1.54, 1.807) is 0 Å². The third-order valence-electron chi connectivity index (χ3n) is 1.47. The first kappa shape index (κ1) is 7.86. The smallest absolute Gasteiger partial charge is 0.00548 e. The number of rotatable bonds is 1. The monoisotopic (exact) mass is 147 g/mol. The average molecular weight is 147 g/mol. The number of aryl methyl sites for hydroxylation is 1. The molecule has 0 spiro atoms. The Kier molecular flexibility index (Phi) is 2.32. The van der Waals surface area contributed by atoms with Gasteiger partial charge in [0.15, 0.2) is 0 Å². The summed E-state index contributed by atoms with van der Waals surface area (Å²) in [5, 5.41) is 0. The summed E-state index contributed by atoms with van der Waals surface area (Å²) in [7, 11) is 0. The lowest BCUT2D eigenvalue weighted by molar-refractivity contribution is 1.34. The zero-order chi connectivity index (χ0) is 8.27. The molecular formula is C10H13N. The third kappa shape index (κ3) is 2.46. The molecule has 1 rings (SSSR count). The van der Waals surface area contributed by atoms with Crippen molar-refractivity contribution in [3.05, 3.63) is 41.1 Å². The summed E-state index contributed by atoms with van der Waals surface area (Å²) < 4.78 is 0. The van der Waals surface area contributed by atoms with E-state index >= 15 is 0 Å². The molecule has 0 atom stereocenters. The number of hydrogen-bond donors (Lipinski definition) is 1. The number of nitrogens with two attached hydrogens (primary N) is 1. The zero-order valence-corrected chi connectivity index (χ0v) is 6.96. The molecule has 0 heterocycles. The van der Waals surface area contributed by atoms with Gasteiger partial charge in [0.25, 0.3) is 0 Å². The lowest BCUT2D eigenvalue weighted by Crippen LogP contribution is -1.89. The maximum atomic E-state index is 5.52. The predicted octanol–water partition coefficient (Wildman–Crippen LogP) is 2.31. The molecule has 0 aliphatic rings. The standard InChI is InChI=1S/C10H13N/c1-8-3-5-10(6-4-8)7-9(2)11/h3-7H,11H2,1-2H3/b9-7+. The molecular weight excluding hydrogens is 134 g/mol. The van der Waals surface area contributed by atoms with Crippen LogP contribution in [0.2, 0.25) is 0 Å². The van der Waals surface area contributed by atoms with Crippen LogP contribution in [0.1, 0.15) is 18.1 Å². The van der Waals surface area contributed by atoms with E-state index in [1.165, 1.54) is 5.56 Å². The van der Waals surface area contributed by atoms with Crippen molar-refractivity contribution < 1.29 is 0 Å². The lowest BCUT2D eigenvalue weighted by atomic mass is 10.1. The Morgan fingerprint density at radius 1 is 1.27 bits per heavy atom. The van der Waals surface area contributed by atoms with Crippen molar-refractivity contribution in [3.63, 3.8) is 0 Å². The van der Waals surface area contributed by atoms with Crippen LogP contribution in [0.25, 0.3) is 6.08 Å². The molecule has 1 nitrogen and oxygen atoms in total. The van der Waals surface area contributed by atoms with E-state index in [1.807, 2.05) is 13.0 Å². The summed E-state index contributed by atoms with van der Waals surface area (Å²) in [6, 6.07) is 8.28. The number of benzene rings is 1. The molecule has 1 aromatic rings. The van der Waals surface area contributed by atoms with Crippen LogP contribution in [-0.2, 0) is 0 Å². The summed E-state index contributed by atoms with van der Waals surface area (Å²) in [4.78, 5) is 0. The Bertz CT molecular complexity index is 253. The molecule has 0 aromatic heterocycles. The normalized spacial score (nSPS) is 11.6. The summed E-state index contributed by atoms with van der Waals surface area (Å²) >= 11 is 0. The number of hydrogen-bond acceptors (Lipinski definition) is 1. The quantitative estimate of drug-likeness (QED) is 0.648. The van der Waals surface area contributed by atoms with E-state index in [2.05, 4.69) is 31.2 Å². The topological polar surface area (TPSA) is 26.0 Å². The molecule has 0 bridgehead atoms. The van der Waals surface area contributed by atoms with Crippen molar-refractivity contribution in [2.75, 3.05) is 0 Å². The molecule has 0 unspecified atom stereocenters. The van der Waals surface area contributed by atoms with Crippen molar-refractivity contribution in [2.45, 2.75) is 13.8 Å². The van der Waals surface area contributed by atoms with Gasteiger partial charge in [-0.2, -0.15) is 0 Å². The van der Waals surface area contributed by atoms with Crippen molar-refractivity contribution >= 4 is 6.08 Å². The van der Waals surface area contributed by atoms with Crippen LogP contribution < -0.4 is 5.73 Å². The molecule has 58 valence electrons. The van der Waals surface area contributed by atoms with Gasteiger partial charge in [-0.05, 0) is 25.5 Å². The van der Waals surface area contributed by atoms with Crippen LogP contribution in [-0.4, -0.2) is 0 Å². The first-order valence-corrected chi connectivity index (χ1v) is 3.69. The Hall–Kier alpha value is -1.24. The minimum absolute atomic E-state index is 0.842. The van der Waals surface area contributed by atoms with Gasteiger partial charge in [-0.1, -0.05) is 29.8 Å². The zero-order valence-electron chi connectivity index (χ0n) is 6.96. The minimum Gasteiger partial charge on any atom is -0.402 e. The van der Waals surface area contributed by atoms with Gasteiger partial charge >= 0.3 is 0 Å². The molecule has 0 amide bonds. The molecule has 1 heteroatoms. The van der Waals surface area contributed by atoms with Gasteiger partial charge in [0.05, 0.1) is 0 Å².